The van der Waals surface area contributed by atoms with Crippen LogP contribution in [-0.2, 0) is 4.79 Å². The van der Waals surface area contributed by atoms with E-state index >= 15 is 0 Å². The van der Waals surface area contributed by atoms with E-state index in [4.69, 9.17) is 4.74 Å². The van der Waals surface area contributed by atoms with Gasteiger partial charge in [-0.15, -0.1) is 0 Å². The molecule has 2 rings (SSSR count). The lowest BCUT2D eigenvalue weighted by atomic mass is 10.1. The number of methoxy groups -OCH3 is 1. The van der Waals surface area contributed by atoms with Crippen LogP contribution in [-0.4, -0.2) is 19.6 Å². The van der Waals surface area contributed by atoms with E-state index in [1.807, 2.05) is 61.5 Å². The quantitative estimate of drug-likeness (QED) is 0.857. The van der Waals surface area contributed by atoms with Gasteiger partial charge in [0, 0.05) is 11.7 Å². The third-order valence-corrected chi connectivity index (χ3v) is 3.22. The molecular weight excluding hydrogens is 264 g/mol. The summed E-state index contributed by atoms with van der Waals surface area (Å²) in [7, 11) is 1.64. The Labute approximate surface area is 125 Å². The number of anilines is 1. The summed E-state index contributed by atoms with van der Waals surface area (Å²) in [5, 5.41) is 6.05. The molecule has 0 radical (unpaired) electrons. The third kappa shape index (κ3) is 4.61. The normalized spacial score (nSPS) is 11.7. The lowest BCUT2D eigenvalue weighted by Crippen LogP contribution is -2.30. The van der Waals surface area contributed by atoms with Crippen molar-refractivity contribution in [2.75, 3.05) is 19.0 Å². The number of carbonyl (C=O) groups is 1. The van der Waals surface area contributed by atoms with E-state index in [0.717, 1.165) is 17.0 Å². The average molecular weight is 284 g/mol. The highest BCUT2D eigenvalue weighted by molar-refractivity contribution is 5.92. The minimum absolute atomic E-state index is 0.0593. The molecule has 110 valence electrons. The lowest BCUT2D eigenvalue weighted by Gasteiger charge is -2.15. The second-order valence-electron chi connectivity index (χ2n) is 4.79. The predicted molar refractivity (Wildman–Crippen MR) is 84.5 cm³/mol. The fraction of sp³-hybridized carbons (Fsp3) is 0.235. The van der Waals surface area contributed by atoms with Crippen LogP contribution in [0.3, 0.4) is 0 Å². The molecule has 0 aliphatic carbocycles. The van der Waals surface area contributed by atoms with Gasteiger partial charge >= 0.3 is 0 Å². The Morgan fingerprint density at radius 1 is 1.14 bits per heavy atom. The molecule has 1 amide bonds. The van der Waals surface area contributed by atoms with Crippen LogP contribution < -0.4 is 15.4 Å². The van der Waals surface area contributed by atoms with Crippen LogP contribution in [0.5, 0.6) is 5.75 Å². The predicted octanol–water partition coefficient (Wildman–Crippen LogP) is 2.98. The van der Waals surface area contributed by atoms with Gasteiger partial charge in [-0.3, -0.25) is 4.79 Å². The van der Waals surface area contributed by atoms with Crippen molar-refractivity contribution in [3.63, 3.8) is 0 Å². The summed E-state index contributed by atoms with van der Waals surface area (Å²) < 4.78 is 5.20. The van der Waals surface area contributed by atoms with E-state index in [9.17, 15) is 4.79 Å². The zero-order valence-corrected chi connectivity index (χ0v) is 12.3. The van der Waals surface area contributed by atoms with Gasteiger partial charge < -0.3 is 15.4 Å². The van der Waals surface area contributed by atoms with E-state index in [1.54, 1.807) is 7.11 Å². The minimum atomic E-state index is -0.0593. The standard InChI is InChI=1S/C17H20N2O2/c1-13(14-7-6-10-16(11-14)21-2)18-12-17(20)19-15-8-4-3-5-9-15/h3-11,13,18H,12H2,1-2H3,(H,19,20)/t13-/m0/s1. The zero-order valence-electron chi connectivity index (χ0n) is 12.3. The molecule has 1 atom stereocenters. The summed E-state index contributed by atoms with van der Waals surface area (Å²) in [6.07, 6.45) is 0. The molecule has 0 spiro atoms. The molecule has 4 heteroatoms. The molecule has 0 unspecified atom stereocenters. The lowest BCUT2D eigenvalue weighted by molar-refractivity contribution is -0.115. The maximum Gasteiger partial charge on any atom is 0.238 e. The fourth-order valence-corrected chi connectivity index (χ4v) is 2.00. The number of hydrogen-bond acceptors (Lipinski definition) is 3. The first-order valence-corrected chi connectivity index (χ1v) is 6.91. The largest absolute Gasteiger partial charge is 0.497 e. The Morgan fingerprint density at radius 2 is 1.90 bits per heavy atom. The molecular formula is C17H20N2O2. The van der Waals surface area contributed by atoms with Crippen molar-refractivity contribution in [3.8, 4) is 5.75 Å². The number of benzene rings is 2. The number of nitrogens with one attached hydrogen (secondary N) is 2. The van der Waals surface area contributed by atoms with Crippen LogP contribution in [0.1, 0.15) is 18.5 Å². The summed E-state index contributed by atoms with van der Waals surface area (Å²) >= 11 is 0. The highest BCUT2D eigenvalue weighted by atomic mass is 16.5. The topological polar surface area (TPSA) is 50.4 Å². The van der Waals surface area contributed by atoms with Crippen LogP contribution in [0.15, 0.2) is 54.6 Å². The molecule has 0 saturated heterocycles. The summed E-state index contributed by atoms with van der Waals surface area (Å²) in [5.74, 6) is 0.755. The fourth-order valence-electron chi connectivity index (χ4n) is 2.00. The van der Waals surface area contributed by atoms with Crippen molar-refractivity contribution in [2.45, 2.75) is 13.0 Å². The van der Waals surface area contributed by atoms with Gasteiger partial charge in [0.15, 0.2) is 0 Å². The van der Waals surface area contributed by atoms with E-state index in [0.29, 0.717) is 0 Å². The number of amides is 1. The highest BCUT2D eigenvalue weighted by Gasteiger charge is 2.08. The molecule has 2 aromatic rings. The number of hydrogen-bond donors (Lipinski definition) is 2. The van der Waals surface area contributed by atoms with Crippen molar-refractivity contribution in [2.24, 2.45) is 0 Å². The number of carbonyl (C=O) groups excluding carboxylic acids is 1. The average Bonchev–Trinajstić information content (AvgIpc) is 2.53. The second-order valence-corrected chi connectivity index (χ2v) is 4.79. The van der Waals surface area contributed by atoms with Crippen LogP contribution in [0.25, 0.3) is 0 Å². The maximum atomic E-state index is 11.9. The van der Waals surface area contributed by atoms with Gasteiger partial charge in [0.25, 0.3) is 0 Å². The molecule has 4 nitrogen and oxygen atoms in total. The summed E-state index contributed by atoms with van der Waals surface area (Å²) in [5.41, 5.74) is 1.89. The van der Waals surface area contributed by atoms with Crippen molar-refractivity contribution >= 4 is 11.6 Å². The van der Waals surface area contributed by atoms with E-state index in [1.165, 1.54) is 0 Å². The van der Waals surface area contributed by atoms with Gasteiger partial charge in [-0.1, -0.05) is 30.3 Å². The van der Waals surface area contributed by atoms with Crippen molar-refractivity contribution in [1.82, 2.24) is 5.32 Å². The van der Waals surface area contributed by atoms with Gasteiger partial charge in [-0.2, -0.15) is 0 Å². The maximum absolute atomic E-state index is 11.9. The number of para-hydroxylation sites is 1. The Hall–Kier alpha value is -2.33. The van der Waals surface area contributed by atoms with Crippen molar-refractivity contribution < 1.29 is 9.53 Å². The summed E-state index contributed by atoms with van der Waals surface area (Å²) in [6, 6.07) is 17.3. The van der Waals surface area contributed by atoms with Crippen LogP contribution >= 0.6 is 0 Å². The molecule has 0 aliphatic rings. The molecule has 0 aromatic heterocycles. The molecule has 0 aliphatic heterocycles. The first-order valence-electron chi connectivity index (χ1n) is 6.91. The van der Waals surface area contributed by atoms with Crippen LogP contribution in [0.2, 0.25) is 0 Å². The molecule has 2 N–H and O–H groups in total. The number of rotatable bonds is 6. The summed E-state index contributed by atoms with van der Waals surface area (Å²) in [4.78, 5) is 11.9. The Morgan fingerprint density at radius 3 is 2.62 bits per heavy atom. The Kier molecular flexibility index (Phi) is 5.35. The molecule has 2 aromatic carbocycles. The number of ether oxygens (including phenoxy) is 1. The highest BCUT2D eigenvalue weighted by Crippen LogP contribution is 2.18. The summed E-state index contributed by atoms with van der Waals surface area (Å²) in [6.45, 7) is 2.28. The Bertz CT molecular complexity index is 584. The van der Waals surface area contributed by atoms with Crippen molar-refractivity contribution in [3.05, 3.63) is 60.2 Å². The Balaban J connectivity index is 1.85. The zero-order chi connectivity index (χ0) is 15.1. The third-order valence-electron chi connectivity index (χ3n) is 3.22. The van der Waals surface area contributed by atoms with E-state index in [2.05, 4.69) is 10.6 Å². The monoisotopic (exact) mass is 284 g/mol. The first kappa shape index (κ1) is 15.1. The van der Waals surface area contributed by atoms with Crippen molar-refractivity contribution in [1.29, 1.82) is 0 Å². The van der Waals surface area contributed by atoms with Crippen LogP contribution in [0.4, 0.5) is 5.69 Å². The molecule has 21 heavy (non-hydrogen) atoms. The van der Waals surface area contributed by atoms with Gasteiger partial charge in [-0.05, 0) is 36.8 Å². The SMILES string of the molecule is COc1cccc([C@H](C)NCC(=O)Nc2ccccc2)c1. The smallest absolute Gasteiger partial charge is 0.238 e. The van der Waals surface area contributed by atoms with E-state index < -0.39 is 0 Å². The first-order chi connectivity index (χ1) is 10.2. The second kappa shape index (κ2) is 7.45. The molecule has 0 heterocycles. The van der Waals surface area contributed by atoms with E-state index in [-0.39, 0.29) is 18.5 Å². The molecule has 0 saturated carbocycles. The van der Waals surface area contributed by atoms with Crippen LogP contribution in [0, 0.1) is 0 Å². The molecule has 0 fully saturated rings. The van der Waals surface area contributed by atoms with Gasteiger partial charge in [0.2, 0.25) is 5.91 Å². The van der Waals surface area contributed by atoms with Gasteiger partial charge in [0.05, 0.1) is 13.7 Å². The molecule has 0 bridgehead atoms. The van der Waals surface area contributed by atoms with Gasteiger partial charge in [-0.25, -0.2) is 0 Å². The minimum Gasteiger partial charge on any atom is -0.497 e. The van der Waals surface area contributed by atoms with Gasteiger partial charge in [0.1, 0.15) is 5.75 Å².